The molecule has 0 aliphatic carbocycles. The molecule has 0 saturated heterocycles. The van der Waals surface area contributed by atoms with E-state index in [1.165, 1.54) is 27.7 Å². The minimum absolute atomic E-state index is 0.273. The van der Waals surface area contributed by atoms with Crippen LogP contribution in [0.5, 0.6) is 0 Å². The lowest BCUT2D eigenvalue weighted by Crippen LogP contribution is -1.97. The molecule has 2 heterocycles. The number of aromatic nitrogens is 2. The summed E-state index contributed by atoms with van der Waals surface area (Å²) in [6.45, 7) is 0. The molecule has 7 rings (SSSR count). The average molecular weight is 505 g/mol. The van der Waals surface area contributed by atoms with Crippen LogP contribution in [0, 0.1) is 5.82 Å². The average Bonchev–Trinajstić information content (AvgIpc) is 3.39. The van der Waals surface area contributed by atoms with Crippen LogP contribution in [0.4, 0.5) is 4.39 Å². The molecule has 0 saturated carbocycles. The maximum Gasteiger partial charge on any atom is 0.139 e. The zero-order valence-electron chi connectivity index (χ0n) is 18.0. The van der Waals surface area contributed by atoms with E-state index in [0.717, 1.165) is 33.3 Å². The molecule has 0 atom stereocenters. The predicted octanol–water partition coefficient (Wildman–Crippen LogP) is 8.78. The molecule has 0 radical (unpaired) electrons. The SMILES string of the molecule is Fc1cccc(-n2c3ccccc3c3c4c5ccccc5n(-c5ccccc5)c4ccc32)c1Br. The predicted molar refractivity (Wildman–Crippen MR) is 143 cm³/mol. The van der Waals surface area contributed by atoms with Crippen molar-refractivity contribution in [1.82, 2.24) is 9.13 Å². The molecule has 34 heavy (non-hydrogen) atoms. The van der Waals surface area contributed by atoms with Gasteiger partial charge in [0.2, 0.25) is 0 Å². The van der Waals surface area contributed by atoms with Crippen molar-refractivity contribution in [2.24, 2.45) is 0 Å². The van der Waals surface area contributed by atoms with E-state index in [1.54, 1.807) is 6.07 Å². The first kappa shape index (κ1) is 19.6. The molecule has 2 nitrogen and oxygen atoms in total. The van der Waals surface area contributed by atoms with Gasteiger partial charge >= 0.3 is 0 Å². The van der Waals surface area contributed by atoms with Crippen LogP contribution >= 0.6 is 15.9 Å². The zero-order chi connectivity index (χ0) is 22.8. The van der Waals surface area contributed by atoms with Crippen molar-refractivity contribution in [3.05, 3.63) is 119 Å². The summed E-state index contributed by atoms with van der Waals surface area (Å²) in [7, 11) is 0. The lowest BCUT2D eigenvalue weighted by molar-refractivity contribution is 0.620. The van der Waals surface area contributed by atoms with Crippen molar-refractivity contribution >= 4 is 59.5 Å². The van der Waals surface area contributed by atoms with Gasteiger partial charge in [0, 0.05) is 27.2 Å². The fourth-order valence-electron chi connectivity index (χ4n) is 5.30. The Kier molecular flexibility index (Phi) is 4.20. The molecule has 0 bridgehead atoms. The van der Waals surface area contributed by atoms with Crippen LogP contribution in [0.2, 0.25) is 0 Å². The number of rotatable bonds is 2. The van der Waals surface area contributed by atoms with Gasteiger partial charge in [-0.1, -0.05) is 60.7 Å². The fourth-order valence-corrected chi connectivity index (χ4v) is 5.74. The van der Waals surface area contributed by atoms with Crippen molar-refractivity contribution in [2.45, 2.75) is 0 Å². The lowest BCUT2D eigenvalue weighted by atomic mass is 10.1. The molecular formula is C30H18BrFN2. The molecular weight excluding hydrogens is 487 g/mol. The maximum absolute atomic E-state index is 14.6. The Hall–Kier alpha value is -3.89. The first-order chi connectivity index (χ1) is 16.7. The molecule has 0 unspecified atom stereocenters. The van der Waals surface area contributed by atoms with Gasteiger partial charge in [0.15, 0.2) is 0 Å². The van der Waals surface area contributed by atoms with Crippen molar-refractivity contribution in [2.75, 3.05) is 0 Å². The van der Waals surface area contributed by atoms with Crippen molar-refractivity contribution in [3.63, 3.8) is 0 Å². The Bertz CT molecular complexity index is 1880. The molecule has 5 aromatic carbocycles. The topological polar surface area (TPSA) is 9.86 Å². The number of nitrogens with zero attached hydrogens (tertiary/aromatic N) is 2. The number of halogens is 2. The van der Waals surface area contributed by atoms with E-state index in [9.17, 15) is 4.39 Å². The Morgan fingerprint density at radius 3 is 1.74 bits per heavy atom. The van der Waals surface area contributed by atoms with E-state index in [0.29, 0.717) is 4.47 Å². The Morgan fingerprint density at radius 1 is 0.500 bits per heavy atom. The monoisotopic (exact) mass is 504 g/mol. The third kappa shape index (κ3) is 2.60. The van der Waals surface area contributed by atoms with Gasteiger partial charge in [-0.15, -0.1) is 0 Å². The van der Waals surface area contributed by atoms with E-state index >= 15 is 0 Å². The minimum atomic E-state index is -0.273. The smallest absolute Gasteiger partial charge is 0.139 e. The van der Waals surface area contributed by atoms with Gasteiger partial charge in [0.25, 0.3) is 0 Å². The van der Waals surface area contributed by atoms with Crippen LogP contribution in [0.15, 0.2) is 114 Å². The molecule has 0 N–H and O–H groups in total. The van der Waals surface area contributed by atoms with Crippen molar-refractivity contribution in [1.29, 1.82) is 0 Å². The molecule has 4 heteroatoms. The summed E-state index contributed by atoms with van der Waals surface area (Å²) in [6.07, 6.45) is 0. The van der Waals surface area contributed by atoms with E-state index in [-0.39, 0.29) is 5.82 Å². The molecule has 162 valence electrons. The molecule has 0 aliphatic heterocycles. The number of hydrogen-bond acceptors (Lipinski definition) is 0. The Morgan fingerprint density at radius 2 is 1.06 bits per heavy atom. The van der Waals surface area contributed by atoms with Gasteiger partial charge in [-0.25, -0.2) is 4.39 Å². The summed E-state index contributed by atoms with van der Waals surface area (Å²) in [5.41, 5.74) is 6.34. The minimum Gasteiger partial charge on any atom is -0.309 e. The molecule has 0 spiro atoms. The largest absolute Gasteiger partial charge is 0.309 e. The van der Waals surface area contributed by atoms with Gasteiger partial charge in [-0.2, -0.15) is 0 Å². The van der Waals surface area contributed by atoms with E-state index < -0.39 is 0 Å². The lowest BCUT2D eigenvalue weighted by Gasteiger charge is -2.11. The van der Waals surface area contributed by atoms with Crippen LogP contribution in [0.1, 0.15) is 0 Å². The van der Waals surface area contributed by atoms with Gasteiger partial charge in [-0.05, 0) is 64.5 Å². The van der Waals surface area contributed by atoms with E-state index in [1.807, 2.05) is 18.2 Å². The first-order valence-electron chi connectivity index (χ1n) is 11.2. The zero-order valence-corrected chi connectivity index (χ0v) is 19.6. The highest BCUT2D eigenvalue weighted by atomic mass is 79.9. The molecule has 7 aromatic rings. The fraction of sp³-hybridized carbons (Fsp3) is 0. The highest BCUT2D eigenvalue weighted by Crippen LogP contribution is 2.43. The number of para-hydroxylation sites is 3. The quantitative estimate of drug-likeness (QED) is 0.222. The molecule has 0 amide bonds. The van der Waals surface area contributed by atoms with Crippen molar-refractivity contribution in [3.8, 4) is 11.4 Å². The summed E-state index contributed by atoms with van der Waals surface area (Å²) in [5.74, 6) is -0.273. The summed E-state index contributed by atoms with van der Waals surface area (Å²) >= 11 is 3.50. The van der Waals surface area contributed by atoms with Crippen LogP contribution in [-0.4, -0.2) is 9.13 Å². The van der Waals surface area contributed by atoms with Gasteiger partial charge in [0.05, 0.1) is 32.2 Å². The van der Waals surface area contributed by atoms with Crippen LogP contribution in [-0.2, 0) is 0 Å². The number of hydrogen-bond donors (Lipinski definition) is 0. The summed E-state index contributed by atoms with van der Waals surface area (Å²) in [4.78, 5) is 0. The molecule has 0 fully saturated rings. The van der Waals surface area contributed by atoms with Gasteiger partial charge in [-0.3, -0.25) is 0 Å². The van der Waals surface area contributed by atoms with Crippen LogP contribution in [0.25, 0.3) is 55.0 Å². The highest BCUT2D eigenvalue weighted by Gasteiger charge is 2.21. The third-order valence-electron chi connectivity index (χ3n) is 6.66. The summed E-state index contributed by atoms with van der Waals surface area (Å²) < 4.78 is 19.5. The highest BCUT2D eigenvalue weighted by molar-refractivity contribution is 9.10. The standard InChI is InChI=1S/C30H18BrFN2/c31-30-22(32)13-8-16-27(30)34-24-15-7-5-12-21(24)29-26(34)18-17-25-28(29)20-11-4-6-14-23(20)33(25)19-9-2-1-3-10-19/h1-18H. The summed E-state index contributed by atoms with van der Waals surface area (Å²) in [5, 5.41) is 4.73. The second-order valence-corrected chi connectivity index (χ2v) is 9.26. The second kappa shape index (κ2) is 7.31. The number of fused-ring (bicyclic) bond motifs is 7. The van der Waals surface area contributed by atoms with E-state index in [4.69, 9.17) is 0 Å². The normalized spacial score (nSPS) is 11.8. The Balaban J connectivity index is 1.73. The van der Waals surface area contributed by atoms with Crippen LogP contribution in [0.3, 0.4) is 0 Å². The van der Waals surface area contributed by atoms with Crippen LogP contribution < -0.4 is 0 Å². The summed E-state index contributed by atoms with van der Waals surface area (Å²) in [6, 6.07) is 36.9. The number of benzene rings is 5. The third-order valence-corrected chi connectivity index (χ3v) is 7.44. The Labute approximate surface area is 203 Å². The van der Waals surface area contributed by atoms with Gasteiger partial charge in [0.1, 0.15) is 5.82 Å². The maximum atomic E-state index is 14.6. The first-order valence-corrected chi connectivity index (χ1v) is 12.0. The molecule has 0 aliphatic rings. The van der Waals surface area contributed by atoms with Crippen molar-refractivity contribution < 1.29 is 4.39 Å². The second-order valence-electron chi connectivity index (χ2n) is 8.47. The molecule has 2 aromatic heterocycles. The van der Waals surface area contributed by atoms with E-state index in [2.05, 4.69) is 104 Å². The van der Waals surface area contributed by atoms with Gasteiger partial charge < -0.3 is 9.13 Å².